The molecule has 0 radical (unpaired) electrons. The van der Waals surface area contributed by atoms with E-state index in [1.54, 1.807) is 0 Å². The van der Waals surface area contributed by atoms with Crippen LogP contribution in [0.25, 0.3) is 0 Å². The van der Waals surface area contributed by atoms with Crippen LogP contribution in [0.3, 0.4) is 0 Å². The molecule has 2 aromatic rings. The van der Waals surface area contributed by atoms with Gasteiger partial charge in [0.1, 0.15) is 13.2 Å². The summed E-state index contributed by atoms with van der Waals surface area (Å²) in [5.74, 6) is 1.65. The number of aromatic nitrogens is 1. The zero-order valence-electron chi connectivity index (χ0n) is 12.4. The molecule has 0 spiro atoms. The van der Waals surface area contributed by atoms with Crippen molar-refractivity contribution in [2.24, 2.45) is 0 Å². The van der Waals surface area contributed by atoms with E-state index < -0.39 is 0 Å². The molecule has 1 unspecified atom stereocenters. The number of nitrogens with zero attached hydrogens (tertiary/aromatic N) is 1. The summed E-state index contributed by atoms with van der Waals surface area (Å²) in [7, 11) is 0. The van der Waals surface area contributed by atoms with Gasteiger partial charge in [-0.15, -0.1) is 0 Å². The number of benzene rings is 1. The van der Waals surface area contributed by atoms with Crippen LogP contribution in [0.15, 0.2) is 36.7 Å². The van der Waals surface area contributed by atoms with Gasteiger partial charge in [0.2, 0.25) is 0 Å². The number of aryl methyl sites for hydroxylation is 1. The van der Waals surface area contributed by atoms with E-state index in [9.17, 15) is 0 Å². The van der Waals surface area contributed by atoms with Crippen molar-refractivity contribution in [3.05, 3.63) is 53.3 Å². The summed E-state index contributed by atoms with van der Waals surface area (Å²) in [5.41, 5.74) is 3.59. The molecule has 2 heterocycles. The molecule has 3 rings (SSSR count). The van der Waals surface area contributed by atoms with Crippen molar-refractivity contribution < 1.29 is 9.47 Å². The predicted molar refractivity (Wildman–Crippen MR) is 81.9 cm³/mol. The SMILES string of the molecule is CCNC(c1ccc2c(c1)OCCO2)c1ccncc1C. The van der Waals surface area contributed by atoms with Crippen LogP contribution < -0.4 is 14.8 Å². The molecule has 1 aliphatic rings. The summed E-state index contributed by atoms with van der Waals surface area (Å²) in [4.78, 5) is 4.18. The summed E-state index contributed by atoms with van der Waals surface area (Å²) in [6.07, 6.45) is 3.74. The van der Waals surface area contributed by atoms with Crippen LogP contribution in [0.4, 0.5) is 0 Å². The fourth-order valence-electron chi connectivity index (χ4n) is 2.66. The van der Waals surface area contributed by atoms with Crippen LogP contribution in [0.2, 0.25) is 0 Å². The second kappa shape index (κ2) is 6.14. The monoisotopic (exact) mass is 284 g/mol. The van der Waals surface area contributed by atoms with Gasteiger partial charge in [0.05, 0.1) is 6.04 Å². The lowest BCUT2D eigenvalue weighted by molar-refractivity contribution is 0.171. The summed E-state index contributed by atoms with van der Waals surface area (Å²) in [6.45, 7) is 6.32. The molecule has 1 aromatic carbocycles. The lowest BCUT2D eigenvalue weighted by Crippen LogP contribution is -2.23. The van der Waals surface area contributed by atoms with E-state index in [2.05, 4.69) is 42.3 Å². The van der Waals surface area contributed by atoms with Gasteiger partial charge in [-0.25, -0.2) is 0 Å². The fraction of sp³-hybridized carbons (Fsp3) is 0.353. The molecule has 21 heavy (non-hydrogen) atoms. The van der Waals surface area contributed by atoms with Gasteiger partial charge in [-0.3, -0.25) is 4.98 Å². The Labute approximate surface area is 125 Å². The third-order valence-electron chi connectivity index (χ3n) is 3.68. The molecule has 0 bridgehead atoms. The smallest absolute Gasteiger partial charge is 0.161 e. The molecule has 4 nitrogen and oxygen atoms in total. The van der Waals surface area contributed by atoms with Crippen LogP contribution >= 0.6 is 0 Å². The lowest BCUT2D eigenvalue weighted by Gasteiger charge is -2.24. The highest BCUT2D eigenvalue weighted by Crippen LogP contribution is 2.34. The average molecular weight is 284 g/mol. The summed E-state index contributed by atoms with van der Waals surface area (Å²) in [6, 6.07) is 8.36. The molecular formula is C17H20N2O2. The molecule has 0 amide bonds. The number of hydrogen-bond donors (Lipinski definition) is 1. The van der Waals surface area contributed by atoms with Crippen molar-refractivity contribution >= 4 is 0 Å². The van der Waals surface area contributed by atoms with E-state index in [1.165, 1.54) is 16.7 Å². The molecule has 4 heteroatoms. The van der Waals surface area contributed by atoms with Crippen LogP contribution in [0.1, 0.15) is 29.7 Å². The van der Waals surface area contributed by atoms with Crippen molar-refractivity contribution in [1.29, 1.82) is 0 Å². The van der Waals surface area contributed by atoms with Crippen LogP contribution in [0, 0.1) is 6.92 Å². The Bertz CT molecular complexity index is 628. The Kier molecular flexibility index (Phi) is 4.06. The van der Waals surface area contributed by atoms with Crippen LogP contribution in [-0.4, -0.2) is 24.7 Å². The molecule has 0 aliphatic carbocycles. The van der Waals surface area contributed by atoms with E-state index >= 15 is 0 Å². The zero-order chi connectivity index (χ0) is 14.7. The molecule has 0 fully saturated rings. The van der Waals surface area contributed by atoms with Gasteiger partial charge in [0.25, 0.3) is 0 Å². The Morgan fingerprint density at radius 3 is 2.76 bits per heavy atom. The zero-order valence-corrected chi connectivity index (χ0v) is 12.4. The summed E-state index contributed by atoms with van der Waals surface area (Å²) < 4.78 is 11.3. The highest BCUT2D eigenvalue weighted by Gasteiger charge is 2.19. The number of nitrogens with one attached hydrogen (secondary N) is 1. The van der Waals surface area contributed by atoms with Crippen LogP contribution in [-0.2, 0) is 0 Å². The van der Waals surface area contributed by atoms with E-state index in [0.29, 0.717) is 13.2 Å². The van der Waals surface area contributed by atoms with E-state index in [-0.39, 0.29) is 6.04 Å². The Hall–Kier alpha value is -2.07. The van der Waals surface area contributed by atoms with Crippen molar-refractivity contribution in [2.45, 2.75) is 19.9 Å². The van der Waals surface area contributed by atoms with E-state index in [0.717, 1.165) is 18.0 Å². The van der Waals surface area contributed by atoms with Crippen molar-refractivity contribution in [3.63, 3.8) is 0 Å². The minimum atomic E-state index is 0.133. The van der Waals surface area contributed by atoms with Gasteiger partial charge in [-0.2, -0.15) is 0 Å². The molecule has 1 atom stereocenters. The van der Waals surface area contributed by atoms with Gasteiger partial charge in [0.15, 0.2) is 11.5 Å². The first-order valence-electron chi connectivity index (χ1n) is 7.33. The third-order valence-corrected chi connectivity index (χ3v) is 3.68. The third kappa shape index (κ3) is 2.85. The molecular weight excluding hydrogens is 264 g/mol. The molecule has 1 aromatic heterocycles. The van der Waals surface area contributed by atoms with Gasteiger partial charge < -0.3 is 14.8 Å². The largest absolute Gasteiger partial charge is 0.486 e. The highest BCUT2D eigenvalue weighted by atomic mass is 16.6. The van der Waals surface area contributed by atoms with Crippen molar-refractivity contribution in [1.82, 2.24) is 10.3 Å². The average Bonchev–Trinajstić information content (AvgIpc) is 2.53. The fourth-order valence-corrected chi connectivity index (χ4v) is 2.66. The molecule has 110 valence electrons. The Morgan fingerprint density at radius 1 is 1.19 bits per heavy atom. The Morgan fingerprint density at radius 2 is 2.00 bits per heavy atom. The maximum Gasteiger partial charge on any atom is 0.161 e. The lowest BCUT2D eigenvalue weighted by atomic mass is 9.96. The van der Waals surface area contributed by atoms with Gasteiger partial charge in [0, 0.05) is 12.4 Å². The number of fused-ring (bicyclic) bond motifs is 1. The summed E-state index contributed by atoms with van der Waals surface area (Å²) >= 11 is 0. The number of ether oxygens (including phenoxy) is 2. The standard InChI is InChI=1S/C17H20N2O2/c1-3-19-17(14-6-7-18-11-12(14)2)13-4-5-15-16(10-13)21-9-8-20-15/h4-7,10-11,17,19H,3,8-9H2,1-2H3. The second-order valence-corrected chi connectivity index (χ2v) is 5.13. The van der Waals surface area contributed by atoms with Gasteiger partial charge in [-0.1, -0.05) is 13.0 Å². The minimum absolute atomic E-state index is 0.133. The van der Waals surface area contributed by atoms with Crippen LogP contribution in [0.5, 0.6) is 11.5 Å². The second-order valence-electron chi connectivity index (χ2n) is 5.13. The summed E-state index contributed by atoms with van der Waals surface area (Å²) in [5, 5.41) is 3.54. The molecule has 1 aliphatic heterocycles. The van der Waals surface area contributed by atoms with Crippen molar-refractivity contribution in [2.75, 3.05) is 19.8 Å². The highest BCUT2D eigenvalue weighted by molar-refractivity contribution is 5.47. The number of pyridine rings is 1. The quantitative estimate of drug-likeness (QED) is 0.937. The minimum Gasteiger partial charge on any atom is -0.486 e. The number of hydrogen-bond acceptors (Lipinski definition) is 4. The topological polar surface area (TPSA) is 43.4 Å². The molecule has 0 saturated heterocycles. The van der Waals surface area contributed by atoms with E-state index in [4.69, 9.17) is 9.47 Å². The maximum atomic E-state index is 5.69. The maximum absolute atomic E-state index is 5.69. The first-order valence-corrected chi connectivity index (χ1v) is 7.33. The van der Waals surface area contributed by atoms with E-state index in [1.807, 2.05) is 18.5 Å². The molecule has 0 saturated carbocycles. The predicted octanol–water partition coefficient (Wildman–Crippen LogP) is 2.86. The molecule has 1 N–H and O–H groups in total. The van der Waals surface area contributed by atoms with Crippen molar-refractivity contribution in [3.8, 4) is 11.5 Å². The number of rotatable bonds is 4. The Balaban J connectivity index is 1.99. The van der Waals surface area contributed by atoms with Gasteiger partial charge >= 0.3 is 0 Å². The first-order chi connectivity index (χ1) is 10.3. The normalized spacial score (nSPS) is 14.8. The first kappa shape index (κ1) is 13.9. The van der Waals surface area contributed by atoms with Gasteiger partial charge in [-0.05, 0) is 48.4 Å².